The molecule has 3 aromatic carbocycles. The van der Waals surface area contributed by atoms with E-state index in [9.17, 15) is 4.79 Å². The molecule has 36 heavy (non-hydrogen) atoms. The zero-order chi connectivity index (χ0) is 25.0. The van der Waals surface area contributed by atoms with Crippen molar-refractivity contribution >= 4 is 11.6 Å². The van der Waals surface area contributed by atoms with Crippen LogP contribution in [-0.2, 0) is 11.2 Å². The van der Waals surface area contributed by atoms with Crippen molar-refractivity contribution in [1.82, 2.24) is 4.90 Å². The molecule has 0 aliphatic carbocycles. The third-order valence-electron chi connectivity index (χ3n) is 5.89. The van der Waals surface area contributed by atoms with Crippen LogP contribution in [0.25, 0.3) is 0 Å². The van der Waals surface area contributed by atoms with Gasteiger partial charge in [0.2, 0.25) is 0 Å². The van der Waals surface area contributed by atoms with Crippen LogP contribution in [0.2, 0.25) is 0 Å². The minimum Gasteiger partial charge on any atom is -0.490 e. The zero-order valence-electron chi connectivity index (χ0n) is 20.8. The Morgan fingerprint density at radius 3 is 2.39 bits per heavy atom. The molecule has 1 saturated heterocycles. The van der Waals surface area contributed by atoms with Crippen molar-refractivity contribution in [2.45, 2.75) is 13.3 Å². The number of benzene rings is 3. The predicted molar refractivity (Wildman–Crippen MR) is 140 cm³/mol. The first-order chi connectivity index (χ1) is 17.7. The van der Waals surface area contributed by atoms with E-state index in [2.05, 4.69) is 22.3 Å². The van der Waals surface area contributed by atoms with Crippen molar-refractivity contribution in [1.29, 1.82) is 0 Å². The number of anilines is 1. The Hall–Kier alpha value is -3.55. The third-order valence-corrected chi connectivity index (χ3v) is 5.89. The molecule has 0 saturated carbocycles. The van der Waals surface area contributed by atoms with Gasteiger partial charge in [-0.1, -0.05) is 30.3 Å². The van der Waals surface area contributed by atoms with Gasteiger partial charge >= 0.3 is 0 Å². The number of morpholine rings is 1. The lowest BCUT2D eigenvalue weighted by Crippen LogP contribution is -2.37. The van der Waals surface area contributed by atoms with Crippen LogP contribution in [0, 0.1) is 0 Å². The topological polar surface area (TPSA) is 69.3 Å². The van der Waals surface area contributed by atoms with Gasteiger partial charge in [-0.2, -0.15) is 0 Å². The number of ether oxygens (including phenoxy) is 4. The molecule has 3 aromatic rings. The zero-order valence-corrected chi connectivity index (χ0v) is 20.8. The Morgan fingerprint density at radius 2 is 1.64 bits per heavy atom. The van der Waals surface area contributed by atoms with E-state index in [0.717, 1.165) is 50.7 Å². The van der Waals surface area contributed by atoms with Gasteiger partial charge in [-0.05, 0) is 61.4 Å². The summed E-state index contributed by atoms with van der Waals surface area (Å²) in [4.78, 5) is 15.3. The molecular formula is C29H34N2O5. The van der Waals surface area contributed by atoms with Crippen molar-refractivity contribution < 1.29 is 23.7 Å². The van der Waals surface area contributed by atoms with E-state index < -0.39 is 0 Å². The molecule has 1 amide bonds. The van der Waals surface area contributed by atoms with Crippen LogP contribution >= 0.6 is 0 Å². The van der Waals surface area contributed by atoms with Crippen LogP contribution in [0.1, 0.15) is 22.8 Å². The van der Waals surface area contributed by atoms with E-state index in [4.69, 9.17) is 18.9 Å². The number of hydrogen-bond donors (Lipinski definition) is 1. The highest BCUT2D eigenvalue weighted by Gasteiger charge is 2.13. The number of amides is 1. The third kappa shape index (κ3) is 7.73. The van der Waals surface area contributed by atoms with Crippen molar-refractivity contribution in [3.63, 3.8) is 0 Å². The molecule has 0 aromatic heterocycles. The standard InChI is InChI=1S/C29H34N2O5/c1-2-34-28-22-24(10-13-27(28)36-21-20-35-26-6-4-3-5-7-26)29(32)30-25-11-8-23(9-12-25)14-15-31-16-18-33-19-17-31/h3-13,22H,2,14-21H2,1H3,(H,30,32). The Balaban J connectivity index is 1.29. The fraction of sp³-hybridized carbons (Fsp3) is 0.345. The summed E-state index contributed by atoms with van der Waals surface area (Å²) >= 11 is 0. The van der Waals surface area contributed by atoms with Gasteiger partial charge in [0.25, 0.3) is 5.91 Å². The average molecular weight is 491 g/mol. The van der Waals surface area contributed by atoms with Crippen LogP contribution in [0.5, 0.6) is 17.2 Å². The second kappa shape index (κ2) is 13.5. The minimum absolute atomic E-state index is 0.198. The summed E-state index contributed by atoms with van der Waals surface area (Å²) in [5.41, 5.74) is 2.50. The highest BCUT2D eigenvalue weighted by molar-refractivity contribution is 6.04. The molecule has 1 heterocycles. The Kier molecular flexibility index (Phi) is 9.59. The quantitative estimate of drug-likeness (QED) is 0.372. The summed E-state index contributed by atoms with van der Waals surface area (Å²) < 4.78 is 22.7. The van der Waals surface area contributed by atoms with Crippen molar-refractivity contribution in [2.75, 3.05) is 58.0 Å². The maximum Gasteiger partial charge on any atom is 0.255 e. The number of carbonyl (C=O) groups excluding carboxylic acids is 1. The molecule has 1 fully saturated rings. The first-order valence-electron chi connectivity index (χ1n) is 12.5. The average Bonchev–Trinajstić information content (AvgIpc) is 2.92. The van der Waals surface area contributed by atoms with E-state index in [0.29, 0.717) is 36.9 Å². The first-order valence-corrected chi connectivity index (χ1v) is 12.5. The van der Waals surface area contributed by atoms with Gasteiger partial charge in [0, 0.05) is 30.9 Å². The molecule has 1 N–H and O–H groups in total. The van der Waals surface area contributed by atoms with Crippen LogP contribution in [-0.4, -0.2) is 63.5 Å². The SMILES string of the molecule is CCOc1cc(C(=O)Nc2ccc(CCN3CCOCC3)cc2)ccc1OCCOc1ccccc1. The van der Waals surface area contributed by atoms with E-state index in [1.54, 1.807) is 18.2 Å². The fourth-order valence-corrected chi connectivity index (χ4v) is 3.93. The summed E-state index contributed by atoms with van der Waals surface area (Å²) in [5.74, 6) is 1.71. The molecule has 0 atom stereocenters. The molecule has 190 valence electrons. The lowest BCUT2D eigenvalue weighted by Gasteiger charge is -2.26. The molecular weight excluding hydrogens is 456 g/mol. The van der Waals surface area contributed by atoms with Gasteiger partial charge in [0.05, 0.1) is 19.8 Å². The number of rotatable bonds is 12. The van der Waals surface area contributed by atoms with Gasteiger partial charge in [-0.3, -0.25) is 9.69 Å². The maximum absolute atomic E-state index is 12.9. The lowest BCUT2D eigenvalue weighted by molar-refractivity contribution is 0.0384. The van der Waals surface area contributed by atoms with Gasteiger partial charge in [-0.15, -0.1) is 0 Å². The van der Waals surface area contributed by atoms with Crippen LogP contribution in [0.15, 0.2) is 72.8 Å². The Bertz CT molecular complexity index is 1080. The second-order valence-corrected chi connectivity index (χ2v) is 8.46. The first kappa shape index (κ1) is 25.5. The summed E-state index contributed by atoms with van der Waals surface area (Å²) in [6, 6.07) is 22.8. The number of nitrogens with one attached hydrogen (secondary N) is 1. The summed E-state index contributed by atoms with van der Waals surface area (Å²) in [6.07, 6.45) is 0.976. The number of carbonyl (C=O) groups is 1. The Morgan fingerprint density at radius 1 is 0.889 bits per heavy atom. The highest BCUT2D eigenvalue weighted by atomic mass is 16.5. The van der Waals surface area contributed by atoms with Gasteiger partial charge in [-0.25, -0.2) is 0 Å². The highest BCUT2D eigenvalue weighted by Crippen LogP contribution is 2.29. The fourth-order valence-electron chi connectivity index (χ4n) is 3.93. The number of para-hydroxylation sites is 1. The van der Waals surface area contributed by atoms with Gasteiger partial charge in [0.1, 0.15) is 19.0 Å². The summed E-state index contributed by atoms with van der Waals surface area (Å²) in [6.45, 7) is 7.74. The Labute approximate surface area is 212 Å². The maximum atomic E-state index is 12.9. The van der Waals surface area contributed by atoms with Gasteiger partial charge < -0.3 is 24.3 Å². The van der Waals surface area contributed by atoms with E-state index in [-0.39, 0.29) is 5.91 Å². The minimum atomic E-state index is -0.198. The molecule has 1 aliphatic heterocycles. The molecule has 7 nitrogen and oxygen atoms in total. The summed E-state index contributed by atoms with van der Waals surface area (Å²) in [7, 11) is 0. The molecule has 4 rings (SSSR count). The van der Waals surface area contributed by atoms with Crippen LogP contribution in [0.4, 0.5) is 5.69 Å². The molecule has 0 radical (unpaired) electrons. The number of hydrogen-bond acceptors (Lipinski definition) is 6. The van der Waals surface area contributed by atoms with Crippen molar-refractivity contribution in [3.8, 4) is 17.2 Å². The molecule has 7 heteroatoms. The molecule has 0 spiro atoms. The number of nitrogens with zero attached hydrogens (tertiary/aromatic N) is 1. The molecule has 0 unspecified atom stereocenters. The smallest absolute Gasteiger partial charge is 0.255 e. The van der Waals surface area contributed by atoms with Crippen molar-refractivity contribution in [3.05, 3.63) is 83.9 Å². The predicted octanol–water partition coefficient (Wildman–Crippen LogP) is 4.67. The largest absolute Gasteiger partial charge is 0.490 e. The molecule has 1 aliphatic rings. The normalized spacial score (nSPS) is 13.7. The van der Waals surface area contributed by atoms with Gasteiger partial charge in [0.15, 0.2) is 11.5 Å². The van der Waals surface area contributed by atoms with E-state index in [1.165, 1.54) is 5.56 Å². The summed E-state index contributed by atoms with van der Waals surface area (Å²) in [5, 5.41) is 2.97. The second-order valence-electron chi connectivity index (χ2n) is 8.46. The molecule has 0 bridgehead atoms. The monoisotopic (exact) mass is 490 g/mol. The van der Waals surface area contributed by atoms with E-state index >= 15 is 0 Å². The van der Waals surface area contributed by atoms with E-state index in [1.807, 2.05) is 49.4 Å². The van der Waals surface area contributed by atoms with Crippen molar-refractivity contribution in [2.24, 2.45) is 0 Å². The lowest BCUT2D eigenvalue weighted by atomic mass is 10.1. The van der Waals surface area contributed by atoms with Crippen LogP contribution < -0.4 is 19.5 Å². The van der Waals surface area contributed by atoms with Crippen LogP contribution in [0.3, 0.4) is 0 Å².